The first-order chi connectivity index (χ1) is 8.87. The van der Waals surface area contributed by atoms with Gasteiger partial charge in [-0.25, -0.2) is 0 Å². The molecule has 0 unspecified atom stereocenters. The third kappa shape index (κ3) is 3.61. The predicted molar refractivity (Wildman–Crippen MR) is 78.2 cm³/mol. The Kier molecular flexibility index (Phi) is 4.01. The monoisotopic (exact) mass is 323 g/mol. The first-order valence-corrected chi connectivity index (χ1v) is 6.95. The third-order valence-corrected chi connectivity index (χ3v) is 3.19. The van der Waals surface area contributed by atoms with Crippen molar-refractivity contribution in [1.82, 2.24) is 25.5 Å². The van der Waals surface area contributed by atoms with E-state index >= 15 is 0 Å². The fourth-order valence-electron chi connectivity index (χ4n) is 1.70. The smallest absolute Gasteiger partial charge is 0.170 e. The molecule has 0 aliphatic rings. The molecular formula is C13H18BrN5. The van der Waals surface area contributed by atoms with E-state index in [9.17, 15) is 0 Å². The molecule has 102 valence electrons. The molecule has 1 aromatic heterocycles. The van der Waals surface area contributed by atoms with Gasteiger partial charge in [0.2, 0.25) is 0 Å². The fourth-order valence-corrected chi connectivity index (χ4v) is 2.18. The maximum Gasteiger partial charge on any atom is 0.170 e. The van der Waals surface area contributed by atoms with Crippen molar-refractivity contribution in [2.45, 2.75) is 39.8 Å². The Morgan fingerprint density at radius 1 is 1.32 bits per heavy atom. The third-order valence-electron chi connectivity index (χ3n) is 2.70. The van der Waals surface area contributed by atoms with Crippen LogP contribution in [0.4, 0.5) is 0 Å². The zero-order valence-corrected chi connectivity index (χ0v) is 13.2. The van der Waals surface area contributed by atoms with E-state index in [1.54, 1.807) is 4.68 Å². The summed E-state index contributed by atoms with van der Waals surface area (Å²) in [6.45, 7) is 9.03. The number of hydrogen-bond acceptors (Lipinski definition) is 4. The lowest BCUT2D eigenvalue weighted by Gasteiger charge is -2.20. The highest BCUT2D eigenvalue weighted by Crippen LogP contribution is 2.19. The van der Waals surface area contributed by atoms with Gasteiger partial charge in [-0.15, -0.1) is 5.10 Å². The van der Waals surface area contributed by atoms with Gasteiger partial charge in [0.05, 0.1) is 12.2 Å². The van der Waals surface area contributed by atoms with Crippen LogP contribution in [-0.4, -0.2) is 25.7 Å². The van der Waals surface area contributed by atoms with E-state index in [4.69, 9.17) is 0 Å². The van der Waals surface area contributed by atoms with Crippen LogP contribution >= 0.6 is 15.9 Å². The van der Waals surface area contributed by atoms with E-state index in [1.807, 2.05) is 19.1 Å². The van der Waals surface area contributed by atoms with Crippen molar-refractivity contribution >= 4 is 15.9 Å². The Morgan fingerprint density at radius 2 is 2.05 bits per heavy atom. The van der Waals surface area contributed by atoms with Crippen LogP contribution in [0.5, 0.6) is 0 Å². The number of aromatic nitrogens is 4. The van der Waals surface area contributed by atoms with Gasteiger partial charge in [-0.1, -0.05) is 15.9 Å². The zero-order valence-electron chi connectivity index (χ0n) is 11.6. The minimum Gasteiger partial charge on any atom is -0.305 e. The molecule has 1 aromatic carbocycles. The summed E-state index contributed by atoms with van der Waals surface area (Å²) >= 11 is 3.46. The molecule has 0 saturated carbocycles. The summed E-state index contributed by atoms with van der Waals surface area (Å²) in [5.74, 6) is 0.806. The molecule has 0 bridgehead atoms. The summed E-state index contributed by atoms with van der Waals surface area (Å²) in [6, 6.07) is 6.05. The number of hydrogen-bond donors (Lipinski definition) is 1. The average molecular weight is 324 g/mol. The number of halogens is 1. The van der Waals surface area contributed by atoms with Gasteiger partial charge < -0.3 is 5.32 Å². The molecule has 0 fully saturated rings. The first kappa shape index (κ1) is 14.1. The molecule has 0 radical (unpaired) electrons. The van der Waals surface area contributed by atoms with Crippen LogP contribution in [0.15, 0.2) is 22.7 Å². The van der Waals surface area contributed by atoms with Crippen molar-refractivity contribution in [3.63, 3.8) is 0 Å². The molecule has 0 atom stereocenters. The van der Waals surface area contributed by atoms with Crippen molar-refractivity contribution in [3.8, 4) is 5.69 Å². The largest absolute Gasteiger partial charge is 0.305 e. The quantitative estimate of drug-likeness (QED) is 0.943. The molecule has 5 nitrogen and oxygen atoms in total. The van der Waals surface area contributed by atoms with Crippen LogP contribution < -0.4 is 5.32 Å². The van der Waals surface area contributed by atoms with Crippen LogP contribution in [-0.2, 0) is 6.54 Å². The van der Waals surface area contributed by atoms with E-state index < -0.39 is 0 Å². The molecule has 0 spiro atoms. The Morgan fingerprint density at radius 3 is 2.68 bits per heavy atom. The van der Waals surface area contributed by atoms with Gasteiger partial charge >= 0.3 is 0 Å². The van der Waals surface area contributed by atoms with Crippen LogP contribution in [0.25, 0.3) is 5.69 Å². The van der Waals surface area contributed by atoms with Crippen LogP contribution in [0.2, 0.25) is 0 Å². The second-order valence-corrected chi connectivity index (χ2v) is 6.46. The number of nitrogens with one attached hydrogen (secondary N) is 1. The fraction of sp³-hybridized carbons (Fsp3) is 0.462. The van der Waals surface area contributed by atoms with E-state index in [1.165, 1.54) is 0 Å². The SMILES string of the molecule is Cc1cc(Br)ccc1-n1nnnc1CNC(C)(C)C. The van der Waals surface area contributed by atoms with Crippen LogP contribution in [0.3, 0.4) is 0 Å². The van der Waals surface area contributed by atoms with E-state index in [0.29, 0.717) is 6.54 Å². The lowest BCUT2D eigenvalue weighted by molar-refractivity contribution is 0.415. The molecule has 0 aliphatic heterocycles. The summed E-state index contributed by atoms with van der Waals surface area (Å²) in [5, 5.41) is 15.3. The van der Waals surface area contributed by atoms with Crippen LogP contribution in [0, 0.1) is 6.92 Å². The van der Waals surface area contributed by atoms with Crippen molar-refractivity contribution in [2.75, 3.05) is 0 Å². The average Bonchev–Trinajstić information content (AvgIpc) is 2.73. The molecule has 1 N–H and O–H groups in total. The van der Waals surface area contributed by atoms with Crippen molar-refractivity contribution in [2.24, 2.45) is 0 Å². The number of aryl methyl sites for hydroxylation is 1. The summed E-state index contributed by atoms with van der Waals surface area (Å²) in [6.07, 6.45) is 0. The van der Waals surface area contributed by atoms with Crippen LogP contribution in [0.1, 0.15) is 32.2 Å². The topological polar surface area (TPSA) is 55.6 Å². The molecule has 1 heterocycles. The minimum atomic E-state index is 0.0333. The minimum absolute atomic E-state index is 0.0333. The molecular weight excluding hydrogens is 306 g/mol. The first-order valence-electron chi connectivity index (χ1n) is 6.15. The molecule has 0 saturated heterocycles. The maximum absolute atomic E-state index is 4.09. The van der Waals surface area contributed by atoms with E-state index in [2.05, 4.69) is 63.6 Å². The molecule has 2 aromatic rings. The number of rotatable bonds is 3. The highest BCUT2D eigenvalue weighted by molar-refractivity contribution is 9.10. The molecule has 19 heavy (non-hydrogen) atoms. The van der Waals surface area contributed by atoms with Gasteiger partial charge in [-0.3, -0.25) is 0 Å². The summed E-state index contributed by atoms with van der Waals surface area (Å²) < 4.78 is 2.83. The molecule has 0 amide bonds. The number of nitrogens with zero attached hydrogens (tertiary/aromatic N) is 4. The Labute approximate surface area is 121 Å². The van der Waals surface area contributed by atoms with Crippen molar-refractivity contribution in [1.29, 1.82) is 0 Å². The summed E-state index contributed by atoms with van der Waals surface area (Å²) in [7, 11) is 0. The van der Waals surface area contributed by atoms with Crippen molar-refractivity contribution < 1.29 is 0 Å². The Balaban J connectivity index is 2.28. The Hall–Kier alpha value is -1.27. The van der Waals surface area contributed by atoms with E-state index in [-0.39, 0.29) is 5.54 Å². The highest BCUT2D eigenvalue weighted by Gasteiger charge is 2.14. The van der Waals surface area contributed by atoms with E-state index in [0.717, 1.165) is 21.5 Å². The highest BCUT2D eigenvalue weighted by atomic mass is 79.9. The lowest BCUT2D eigenvalue weighted by Crippen LogP contribution is -2.36. The van der Waals surface area contributed by atoms with Gasteiger partial charge in [0, 0.05) is 10.0 Å². The second-order valence-electron chi connectivity index (χ2n) is 5.54. The lowest BCUT2D eigenvalue weighted by atomic mass is 10.1. The standard InChI is InChI=1S/C13H18BrN5/c1-9-7-10(14)5-6-11(9)19-12(16-17-18-19)8-15-13(2,3)4/h5-7,15H,8H2,1-4H3. The van der Waals surface area contributed by atoms with Crippen molar-refractivity contribution in [3.05, 3.63) is 34.1 Å². The molecule has 2 rings (SSSR count). The molecule has 6 heteroatoms. The Bertz CT molecular complexity index is 571. The van der Waals surface area contributed by atoms with Gasteiger partial charge in [-0.2, -0.15) is 4.68 Å². The summed E-state index contributed by atoms with van der Waals surface area (Å²) in [4.78, 5) is 0. The summed E-state index contributed by atoms with van der Waals surface area (Å²) in [5.41, 5.74) is 2.16. The predicted octanol–water partition coefficient (Wildman–Crippen LogP) is 2.62. The normalized spacial score (nSPS) is 11.8. The van der Waals surface area contributed by atoms with Gasteiger partial charge in [-0.05, 0) is 61.9 Å². The molecule has 0 aliphatic carbocycles. The number of benzene rings is 1. The van der Waals surface area contributed by atoms with Gasteiger partial charge in [0.1, 0.15) is 0 Å². The van der Waals surface area contributed by atoms with Gasteiger partial charge in [0.15, 0.2) is 5.82 Å². The zero-order chi connectivity index (χ0) is 14.0. The van der Waals surface area contributed by atoms with Gasteiger partial charge in [0.25, 0.3) is 0 Å². The number of tetrazole rings is 1. The second kappa shape index (κ2) is 5.38. The maximum atomic E-state index is 4.09.